The van der Waals surface area contributed by atoms with Crippen molar-refractivity contribution in [2.24, 2.45) is 0 Å². The minimum atomic E-state index is -3.87. The fraction of sp³-hybridized carbons (Fsp3) is 0.462. The predicted octanol–water partition coefficient (Wildman–Crippen LogP) is 4.35. The number of hydrogen-bond donors (Lipinski definition) is 1. The summed E-state index contributed by atoms with van der Waals surface area (Å²) in [6.45, 7) is 1.13. The maximum absolute atomic E-state index is 13.7. The number of hydrogen-bond acceptors (Lipinski definition) is 6. The molecule has 0 radical (unpaired) electrons. The number of anilines is 1. The van der Waals surface area contributed by atoms with Crippen LogP contribution in [-0.4, -0.2) is 56.8 Å². The number of amides is 2. The van der Waals surface area contributed by atoms with E-state index in [4.69, 9.17) is 32.7 Å². The molecule has 0 aromatic heterocycles. The number of nitrogens with one attached hydrogen (secondary N) is 1. The van der Waals surface area contributed by atoms with Crippen LogP contribution in [0.3, 0.4) is 0 Å². The van der Waals surface area contributed by atoms with E-state index in [9.17, 15) is 18.0 Å². The Kier molecular flexibility index (Phi) is 8.95. The Hall–Kier alpha value is -2.69. The van der Waals surface area contributed by atoms with Crippen molar-refractivity contribution in [1.29, 1.82) is 0 Å². The minimum Gasteiger partial charge on any atom is -0.454 e. The average molecular weight is 585 g/mol. The van der Waals surface area contributed by atoms with Crippen molar-refractivity contribution in [2.75, 3.05) is 23.9 Å². The third kappa shape index (κ3) is 6.84. The van der Waals surface area contributed by atoms with Crippen molar-refractivity contribution in [3.63, 3.8) is 0 Å². The zero-order valence-corrected chi connectivity index (χ0v) is 23.6. The molecule has 4 rings (SSSR count). The molecule has 0 bridgehead atoms. The molecule has 2 amide bonds. The van der Waals surface area contributed by atoms with Gasteiger partial charge in [-0.15, -0.1) is 0 Å². The van der Waals surface area contributed by atoms with Crippen LogP contribution >= 0.6 is 23.2 Å². The number of rotatable bonds is 9. The maximum atomic E-state index is 13.7. The van der Waals surface area contributed by atoms with Crippen molar-refractivity contribution in [3.05, 3.63) is 52.0 Å². The minimum absolute atomic E-state index is 0.00711. The molecule has 1 N–H and O–H groups in total. The van der Waals surface area contributed by atoms with Crippen molar-refractivity contribution in [3.8, 4) is 11.5 Å². The molecule has 2 aromatic rings. The van der Waals surface area contributed by atoms with E-state index >= 15 is 0 Å². The third-order valence-electron chi connectivity index (χ3n) is 6.80. The number of halogens is 2. The molecule has 1 fully saturated rings. The fourth-order valence-corrected chi connectivity index (χ4v) is 5.95. The summed E-state index contributed by atoms with van der Waals surface area (Å²) in [5.41, 5.74) is 0.824. The van der Waals surface area contributed by atoms with E-state index in [-0.39, 0.29) is 31.0 Å². The molecule has 0 unspecified atom stereocenters. The first kappa shape index (κ1) is 28.3. The van der Waals surface area contributed by atoms with E-state index in [0.29, 0.717) is 27.1 Å². The average Bonchev–Trinajstić information content (AvgIpc) is 3.34. The maximum Gasteiger partial charge on any atom is 0.244 e. The molecule has 9 nitrogen and oxygen atoms in total. The van der Waals surface area contributed by atoms with Crippen molar-refractivity contribution >= 4 is 50.7 Å². The van der Waals surface area contributed by atoms with Gasteiger partial charge in [0.25, 0.3) is 0 Å². The van der Waals surface area contributed by atoms with Crippen LogP contribution in [0.5, 0.6) is 11.5 Å². The second kappa shape index (κ2) is 12.0. The molecule has 1 atom stereocenters. The molecule has 0 saturated heterocycles. The van der Waals surface area contributed by atoms with Gasteiger partial charge in [-0.1, -0.05) is 48.5 Å². The Morgan fingerprint density at radius 1 is 1.05 bits per heavy atom. The molecule has 1 aliphatic carbocycles. The SMILES string of the molecule is C[C@@H](C(=O)NC1CCCCC1)N(Cc1ccc(Cl)cc1Cl)C(=O)CN(c1ccc2c(c1)OCO2)S(C)(=O)=O. The second-order valence-electron chi connectivity index (χ2n) is 9.58. The Morgan fingerprint density at radius 3 is 2.45 bits per heavy atom. The summed E-state index contributed by atoms with van der Waals surface area (Å²) in [5.74, 6) is 0.00360. The van der Waals surface area contributed by atoms with Gasteiger partial charge in [0.1, 0.15) is 12.6 Å². The molecule has 2 aliphatic rings. The number of ether oxygens (including phenoxy) is 2. The molecule has 38 heavy (non-hydrogen) atoms. The number of nitrogens with zero attached hydrogens (tertiary/aromatic N) is 2. The van der Waals surface area contributed by atoms with Crippen LogP contribution in [0, 0.1) is 0 Å². The normalized spacial score (nSPS) is 16.1. The fourth-order valence-electron chi connectivity index (χ4n) is 4.64. The Bertz CT molecular complexity index is 1300. The van der Waals surface area contributed by atoms with Gasteiger partial charge in [0.2, 0.25) is 28.6 Å². The third-order valence-corrected chi connectivity index (χ3v) is 8.53. The summed E-state index contributed by atoms with van der Waals surface area (Å²) < 4.78 is 37.2. The van der Waals surface area contributed by atoms with Crippen molar-refractivity contribution < 1.29 is 27.5 Å². The monoisotopic (exact) mass is 583 g/mol. The van der Waals surface area contributed by atoms with E-state index in [1.54, 1.807) is 37.3 Å². The molecule has 206 valence electrons. The standard InChI is InChI=1S/C26H31Cl2N3O6S/c1-17(26(33)29-20-6-4-3-5-7-20)30(14-18-8-9-19(27)12-22(18)28)25(32)15-31(38(2,34)35)21-10-11-23-24(13-21)37-16-36-23/h8-13,17,20H,3-7,14-16H2,1-2H3,(H,29,33)/t17-/m0/s1. The van der Waals surface area contributed by atoms with Crippen molar-refractivity contribution in [1.82, 2.24) is 10.2 Å². The summed E-state index contributed by atoms with van der Waals surface area (Å²) in [4.78, 5) is 28.3. The van der Waals surface area contributed by atoms with Crippen molar-refractivity contribution in [2.45, 2.75) is 57.7 Å². The predicted molar refractivity (Wildman–Crippen MR) is 146 cm³/mol. The lowest BCUT2D eigenvalue weighted by atomic mass is 9.95. The quantitative estimate of drug-likeness (QED) is 0.470. The highest BCUT2D eigenvalue weighted by Crippen LogP contribution is 2.36. The topological polar surface area (TPSA) is 105 Å². The molecule has 1 heterocycles. The number of carbonyl (C=O) groups excluding carboxylic acids is 2. The molecule has 12 heteroatoms. The molecular weight excluding hydrogens is 553 g/mol. The summed E-state index contributed by atoms with van der Waals surface area (Å²) in [6, 6.07) is 8.70. The first-order valence-electron chi connectivity index (χ1n) is 12.4. The number of fused-ring (bicyclic) bond motifs is 1. The summed E-state index contributed by atoms with van der Waals surface area (Å²) in [6.07, 6.45) is 6.03. The van der Waals surface area contributed by atoms with E-state index in [0.717, 1.165) is 42.7 Å². The van der Waals surface area contributed by atoms with Gasteiger partial charge in [0.15, 0.2) is 11.5 Å². The number of benzene rings is 2. The van der Waals surface area contributed by atoms with Crippen LogP contribution < -0.4 is 19.1 Å². The second-order valence-corrected chi connectivity index (χ2v) is 12.3. The van der Waals surface area contributed by atoms with Gasteiger partial charge in [-0.3, -0.25) is 13.9 Å². The van der Waals surface area contributed by atoms with Gasteiger partial charge in [-0.2, -0.15) is 0 Å². The van der Waals surface area contributed by atoms with Crippen LogP contribution in [0.4, 0.5) is 5.69 Å². The highest BCUT2D eigenvalue weighted by Gasteiger charge is 2.32. The van der Waals surface area contributed by atoms with Crippen LogP contribution in [-0.2, 0) is 26.2 Å². The highest BCUT2D eigenvalue weighted by atomic mass is 35.5. The van der Waals surface area contributed by atoms with Crippen LogP contribution in [0.1, 0.15) is 44.6 Å². The Morgan fingerprint density at radius 2 is 1.76 bits per heavy atom. The molecule has 2 aromatic carbocycles. The summed E-state index contributed by atoms with van der Waals surface area (Å²) in [5, 5.41) is 3.83. The lowest BCUT2D eigenvalue weighted by Gasteiger charge is -2.33. The van der Waals surface area contributed by atoms with Gasteiger partial charge in [0.05, 0.1) is 11.9 Å². The van der Waals surface area contributed by atoms with Gasteiger partial charge >= 0.3 is 0 Å². The van der Waals surface area contributed by atoms with Gasteiger partial charge in [-0.25, -0.2) is 8.42 Å². The molecule has 0 spiro atoms. The first-order valence-corrected chi connectivity index (χ1v) is 15.0. The van der Waals surface area contributed by atoms with E-state index < -0.39 is 28.5 Å². The first-order chi connectivity index (χ1) is 18.0. The van der Waals surface area contributed by atoms with Crippen LogP contribution in [0.15, 0.2) is 36.4 Å². The van der Waals surface area contributed by atoms with Crippen LogP contribution in [0.2, 0.25) is 10.0 Å². The van der Waals surface area contributed by atoms with Crippen LogP contribution in [0.25, 0.3) is 0 Å². The lowest BCUT2D eigenvalue weighted by Crippen LogP contribution is -2.53. The smallest absolute Gasteiger partial charge is 0.244 e. The summed E-state index contributed by atoms with van der Waals surface area (Å²) >= 11 is 12.4. The van der Waals surface area contributed by atoms with E-state index in [1.165, 1.54) is 11.0 Å². The van der Waals surface area contributed by atoms with E-state index in [2.05, 4.69) is 5.32 Å². The van der Waals surface area contributed by atoms with E-state index in [1.807, 2.05) is 0 Å². The van der Waals surface area contributed by atoms with Gasteiger partial charge in [-0.05, 0) is 49.6 Å². The van der Waals surface area contributed by atoms with Gasteiger partial charge < -0.3 is 19.7 Å². The summed E-state index contributed by atoms with van der Waals surface area (Å²) in [7, 11) is -3.87. The molecule has 1 aliphatic heterocycles. The number of sulfonamides is 1. The number of carbonyl (C=O) groups is 2. The zero-order valence-electron chi connectivity index (χ0n) is 21.3. The zero-order chi connectivity index (χ0) is 27.4. The Balaban J connectivity index is 1.61. The molecule has 1 saturated carbocycles. The molecular formula is C26H31Cl2N3O6S. The Labute approximate surface area is 233 Å². The van der Waals surface area contributed by atoms with Gasteiger partial charge in [0, 0.05) is 28.7 Å². The largest absolute Gasteiger partial charge is 0.454 e. The highest BCUT2D eigenvalue weighted by molar-refractivity contribution is 7.92. The lowest BCUT2D eigenvalue weighted by molar-refractivity contribution is -0.139.